The molecule has 15 heavy (non-hydrogen) atoms. The van der Waals surface area contributed by atoms with Gasteiger partial charge in [0.1, 0.15) is 12.1 Å². The van der Waals surface area contributed by atoms with E-state index >= 15 is 0 Å². The molecule has 0 aliphatic carbocycles. The van der Waals surface area contributed by atoms with Crippen molar-refractivity contribution in [1.82, 2.24) is 9.97 Å². The zero-order chi connectivity index (χ0) is 11.4. The van der Waals surface area contributed by atoms with E-state index in [1.807, 2.05) is 18.7 Å². The Morgan fingerprint density at radius 3 is 2.80 bits per heavy atom. The molecule has 0 fully saturated rings. The lowest BCUT2D eigenvalue weighted by atomic mass is 10.3. The summed E-state index contributed by atoms with van der Waals surface area (Å²) in [5.41, 5.74) is 5.19. The maximum Gasteiger partial charge on any atom is 0.237 e. The van der Waals surface area contributed by atoms with E-state index in [2.05, 4.69) is 32.6 Å². The van der Waals surface area contributed by atoms with E-state index in [0.717, 1.165) is 9.39 Å². The molecule has 0 aliphatic heterocycles. The van der Waals surface area contributed by atoms with Crippen LogP contribution in [0.3, 0.4) is 0 Å². The maximum absolute atomic E-state index is 10.9. The Hall–Kier alpha value is -0.920. The molecule has 0 atom stereocenters. The molecule has 1 rings (SSSR count). The van der Waals surface area contributed by atoms with Gasteiger partial charge in [-0.2, -0.15) is 0 Å². The molecule has 1 amide bonds. The van der Waals surface area contributed by atoms with Crippen LogP contribution in [0.2, 0.25) is 0 Å². The van der Waals surface area contributed by atoms with E-state index in [-0.39, 0.29) is 18.5 Å². The van der Waals surface area contributed by atoms with Crippen LogP contribution in [0.1, 0.15) is 13.8 Å². The molecule has 0 bridgehead atoms. The number of carbonyl (C=O) groups is 1. The maximum atomic E-state index is 10.9. The predicted octanol–water partition coefficient (Wildman–Crippen LogP) is 0.781. The second-order valence-corrected chi connectivity index (χ2v) is 4.54. The molecule has 6 heteroatoms. The minimum Gasteiger partial charge on any atom is -0.368 e. The number of hydrogen-bond donors (Lipinski definition) is 1. The van der Waals surface area contributed by atoms with Crippen molar-refractivity contribution in [3.63, 3.8) is 0 Å². The molecule has 1 aromatic rings. The molecule has 0 radical (unpaired) electrons. The Morgan fingerprint density at radius 2 is 2.33 bits per heavy atom. The summed E-state index contributed by atoms with van der Waals surface area (Å²) >= 11 is 2.14. The number of primary amides is 1. The predicted molar refractivity (Wildman–Crippen MR) is 66.4 cm³/mol. The van der Waals surface area contributed by atoms with Crippen LogP contribution in [0.5, 0.6) is 0 Å². The third kappa shape index (κ3) is 3.29. The second-order valence-electron chi connectivity index (χ2n) is 3.38. The van der Waals surface area contributed by atoms with Crippen LogP contribution < -0.4 is 10.6 Å². The Labute approximate surface area is 102 Å². The van der Waals surface area contributed by atoms with Gasteiger partial charge in [0.2, 0.25) is 5.91 Å². The van der Waals surface area contributed by atoms with Crippen molar-refractivity contribution in [1.29, 1.82) is 0 Å². The molecular weight excluding hydrogens is 307 g/mol. The lowest BCUT2D eigenvalue weighted by Gasteiger charge is -2.26. The van der Waals surface area contributed by atoms with Crippen LogP contribution in [0.25, 0.3) is 0 Å². The number of rotatable bonds is 4. The Bertz CT molecular complexity index is 356. The average Bonchev–Trinajstić information content (AvgIpc) is 2.15. The van der Waals surface area contributed by atoms with Crippen molar-refractivity contribution in [2.24, 2.45) is 5.73 Å². The fourth-order valence-electron chi connectivity index (χ4n) is 1.19. The van der Waals surface area contributed by atoms with Gasteiger partial charge in [-0.25, -0.2) is 9.97 Å². The topological polar surface area (TPSA) is 72.1 Å². The van der Waals surface area contributed by atoms with E-state index in [4.69, 9.17) is 5.73 Å². The molecule has 0 spiro atoms. The Balaban J connectivity index is 2.99. The first kappa shape index (κ1) is 12.2. The largest absolute Gasteiger partial charge is 0.368 e. The number of hydrogen-bond acceptors (Lipinski definition) is 4. The van der Waals surface area contributed by atoms with E-state index < -0.39 is 0 Å². The van der Waals surface area contributed by atoms with Crippen molar-refractivity contribution in [3.05, 3.63) is 16.1 Å². The summed E-state index contributed by atoms with van der Waals surface area (Å²) in [6, 6.07) is 0.168. The Kier molecular flexibility index (Phi) is 4.25. The second kappa shape index (κ2) is 5.24. The smallest absolute Gasteiger partial charge is 0.237 e. The fraction of sp³-hybridized carbons (Fsp3) is 0.444. The van der Waals surface area contributed by atoms with Gasteiger partial charge in [-0.3, -0.25) is 4.79 Å². The summed E-state index contributed by atoms with van der Waals surface area (Å²) in [4.78, 5) is 20.8. The first-order valence-electron chi connectivity index (χ1n) is 4.52. The highest BCUT2D eigenvalue weighted by molar-refractivity contribution is 14.1. The number of nitrogens with zero attached hydrogens (tertiary/aromatic N) is 3. The van der Waals surface area contributed by atoms with Crippen molar-refractivity contribution in [3.8, 4) is 0 Å². The van der Waals surface area contributed by atoms with Gasteiger partial charge < -0.3 is 10.6 Å². The highest BCUT2D eigenvalue weighted by atomic mass is 127. The van der Waals surface area contributed by atoms with E-state index in [0.29, 0.717) is 0 Å². The van der Waals surface area contributed by atoms with Crippen LogP contribution >= 0.6 is 22.6 Å². The number of carbonyl (C=O) groups excluding carboxylic acids is 1. The highest BCUT2D eigenvalue weighted by Gasteiger charge is 2.16. The highest BCUT2D eigenvalue weighted by Crippen LogP contribution is 2.19. The SMILES string of the molecule is CC(C)N(CC(N)=O)c1ncncc1I. The van der Waals surface area contributed by atoms with E-state index in [1.54, 1.807) is 6.20 Å². The quantitative estimate of drug-likeness (QED) is 0.832. The average molecular weight is 320 g/mol. The van der Waals surface area contributed by atoms with Crippen LogP contribution in [-0.2, 0) is 4.79 Å². The first-order chi connectivity index (χ1) is 7.02. The summed E-state index contributed by atoms with van der Waals surface area (Å²) in [5.74, 6) is 0.387. The van der Waals surface area contributed by atoms with Gasteiger partial charge in [0.05, 0.1) is 10.1 Å². The standard InChI is InChI=1S/C9H13IN4O/c1-6(2)14(4-8(11)15)9-7(10)3-12-5-13-9/h3,5-6H,4H2,1-2H3,(H2,11,15). The first-order valence-corrected chi connectivity index (χ1v) is 5.60. The van der Waals surface area contributed by atoms with Gasteiger partial charge in [0, 0.05) is 12.2 Å². The summed E-state index contributed by atoms with van der Waals surface area (Å²) in [5, 5.41) is 0. The molecule has 1 heterocycles. The fourth-order valence-corrected chi connectivity index (χ4v) is 1.80. The number of anilines is 1. The van der Waals surface area contributed by atoms with E-state index in [9.17, 15) is 4.79 Å². The van der Waals surface area contributed by atoms with Crippen LogP contribution in [-0.4, -0.2) is 28.5 Å². The van der Waals surface area contributed by atoms with Gasteiger partial charge in [0.15, 0.2) is 0 Å². The minimum absolute atomic E-state index is 0.168. The third-order valence-electron chi connectivity index (χ3n) is 1.87. The molecule has 0 unspecified atom stereocenters. The summed E-state index contributed by atoms with van der Waals surface area (Å²) in [6.07, 6.45) is 3.17. The molecule has 0 saturated heterocycles. The molecule has 0 saturated carbocycles. The van der Waals surface area contributed by atoms with Gasteiger partial charge >= 0.3 is 0 Å². The summed E-state index contributed by atoms with van der Waals surface area (Å²) in [7, 11) is 0. The van der Waals surface area contributed by atoms with Crippen molar-refractivity contribution >= 4 is 34.3 Å². The van der Waals surface area contributed by atoms with Crippen LogP contribution in [0, 0.1) is 3.57 Å². The van der Waals surface area contributed by atoms with E-state index in [1.165, 1.54) is 6.33 Å². The minimum atomic E-state index is -0.363. The number of halogens is 1. The number of amides is 1. The van der Waals surface area contributed by atoms with Crippen LogP contribution in [0.4, 0.5) is 5.82 Å². The summed E-state index contributed by atoms with van der Waals surface area (Å²) < 4.78 is 0.907. The molecular formula is C9H13IN4O. The number of aromatic nitrogens is 2. The molecule has 0 aromatic carbocycles. The van der Waals surface area contributed by atoms with Gasteiger partial charge in [0.25, 0.3) is 0 Å². The number of nitrogens with two attached hydrogens (primary N) is 1. The monoisotopic (exact) mass is 320 g/mol. The van der Waals surface area contributed by atoms with Crippen molar-refractivity contribution in [2.75, 3.05) is 11.4 Å². The van der Waals surface area contributed by atoms with Crippen molar-refractivity contribution in [2.45, 2.75) is 19.9 Å². The molecule has 82 valence electrons. The Morgan fingerprint density at radius 1 is 1.67 bits per heavy atom. The van der Waals surface area contributed by atoms with Crippen molar-refractivity contribution < 1.29 is 4.79 Å². The third-order valence-corrected chi connectivity index (χ3v) is 2.63. The van der Waals surface area contributed by atoms with Gasteiger partial charge in [-0.15, -0.1) is 0 Å². The molecule has 5 nitrogen and oxygen atoms in total. The lowest BCUT2D eigenvalue weighted by Crippen LogP contribution is -2.39. The summed E-state index contributed by atoms with van der Waals surface area (Å²) in [6.45, 7) is 4.15. The normalized spacial score (nSPS) is 10.4. The lowest BCUT2D eigenvalue weighted by molar-refractivity contribution is -0.116. The molecule has 0 aliphatic rings. The van der Waals surface area contributed by atoms with Gasteiger partial charge in [-0.05, 0) is 36.4 Å². The molecule has 1 aromatic heterocycles. The molecule has 2 N–H and O–H groups in total. The zero-order valence-electron chi connectivity index (χ0n) is 8.64. The zero-order valence-corrected chi connectivity index (χ0v) is 10.8. The van der Waals surface area contributed by atoms with Gasteiger partial charge in [-0.1, -0.05) is 0 Å². The van der Waals surface area contributed by atoms with Crippen LogP contribution in [0.15, 0.2) is 12.5 Å².